The molecule has 0 unspecified atom stereocenters. The van der Waals surface area contributed by atoms with E-state index in [1.165, 1.54) is 22.3 Å². The molecule has 0 aliphatic rings. The molecule has 0 atom stereocenters. The monoisotopic (exact) mass is 750 g/mol. The van der Waals surface area contributed by atoms with Crippen LogP contribution in [0, 0.1) is 0 Å². The van der Waals surface area contributed by atoms with Crippen LogP contribution in [0.25, 0.3) is 76.2 Å². The van der Waals surface area contributed by atoms with Crippen LogP contribution < -0.4 is 0 Å². The third kappa shape index (κ3) is 7.15. The molecule has 0 saturated heterocycles. The van der Waals surface area contributed by atoms with Crippen LogP contribution in [0.3, 0.4) is 0 Å². The molecule has 0 radical (unpaired) electrons. The van der Waals surface area contributed by atoms with Crippen LogP contribution in [0.15, 0.2) is 134 Å². The Kier molecular flexibility index (Phi) is 9.25. The number of phenolic OH excluding ortho intramolecular Hbond substituents is 1. The van der Waals surface area contributed by atoms with Crippen molar-refractivity contribution in [2.45, 2.75) is 78.6 Å². The van der Waals surface area contributed by atoms with Gasteiger partial charge in [-0.05, 0) is 115 Å². The van der Waals surface area contributed by atoms with Crippen molar-refractivity contribution in [3.8, 4) is 60.8 Å². The highest BCUT2D eigenvalue weighted by molar-refractivity contribution is 7.21. The Morgan fingerprint density at radius 1 is 0.446 bits per heavy atom. The van der Waals surface area contributed by atoms with Crippen molar-refractivity contribution in [1.29, 1.82) is 0 Å². The number of aromatic nitrogens is 2. The van der Waals surface area contributed by atoms with Gasteiger partial charge in [0.05, 0.1) is 21.3 Å². The summed E-state index contributed by atoms with van der Waals surface area (Å²) in [6, 6.07) is 45.7. The van der Waals surface area contributed by atoms with E-state index in [1.807, 2.05) is 12.3 Å². The molecular formula is C52H50N2OS. The minimum absolute atomic E-state index is 0.0633. The van der Waals surface area contributed by atoms with Gasteiger partial charge in [0.1, 0.15) is 10.8 Å². The Hall–Kier alpha value is -5.58. The van der Waals surface area contributed by atoms with Gasteiger partial charge in [0.2, 0.25) is 0 Å². The zero-order valence-corrected chi connectivity index (χ0v) is 34.8. The Morgan fingerprint density at radius 3 is 1.71 bits per heavy atom. The first-order valence-electron chi connectivity index (χ1n) is 19.5. The summed E-state index contributed by atoms with van der Waals surface area (Å²) in [5, 5.41) is 13.1. The molecule has 56 heavy (non-hydrogen) atoms. The summed E-state index contributed by atoms with van der Waals surface area (Å²) in [5.74, 6) is 0.242. The third-order valence-corrected chi connectivity index (χ3v) is 12.0. The number of hydrogen-bond acceptors (Lipinski definition) is 4. The predicted molar refractivity (Wildman–Crippen MR) is 240 cm³/mol. The Morgan fingerprint density at radius 2 is 1.05 bits per heavy atom. The quantitative estimate of drug-likeness (QED) is 0.191. The van der Waals surface area contributed by atoms with E-state index in [1.54, 1.807) is 17.4 Å². The number of pyridine rings is 1. The summed E-state index contributed by atoms with van der Waals surface area (Å²) in [4.78, 5) is 10.4. The summed E-state index contributed by atoms with van der Waals surface area (Å²) in [7, 11) is 0. The second kappa shape index (κ2) is 13.9. The van der Waals surface area contributed by atoms with Crippen LogP contribution in [0.4, 0.5) is 0 Å². The molecular weight excluding hydrogens is 701 g/mol. The summed E-state index contributed by atoms with van der Waals surface area (Å²) in [6.45, 7) is 20.2. The molecule has 0 aliphatic carbocycles. The number of phenols is 1. The number of rotatable bonds is 5. The molecule has 2 aromatic heterocycles. The molecule has 0 aliphatic heterocycles. The second-order valence-electron chi connectivity index (χ2n) is 18.2. The zero-order chi connectivity index (χ0) is 39.6. The van der Waals surface area contributed by atoms with Gasteiger partial charge >= 0.3 is 0 Å². The number of nitrogens with zero attached hydrogens (tertiary/aromatic N) is 2. The Bertz CT molecular complexity index is 2740. The molecule has 3 nitrogen and oxygen atoms in total. The lowest BCUT2D eigenvalue weighted by Crippen LogP contribution is -2.11. The highest BCUT2D eigenvalue weighted by Gasteiger charge is 2.23. The van der Waals surface area contributed by atoms with Crippen LogP contribution in [-0.2, 0) is 16.2 Å². The first kappa shape index (κ1) is 37.3. The molecule has 8 aromatic rings. The van der Waals surface area contributed by atoms with Crippen LogP contribution >= 0.6 is 11.3 Å². The van der Waals surface area contributed by atoms with E-state index >= 15 is 0 Å². The third-order valence-electron chi connectivity index (χ3n) is 11.0. The fourth-order valence-electron chi connectivity index (χ4n) is 7.50. The number of hydrogen-bond donors (Lipinski definition) is 1. The first-order valence-corrected chi connectivity index (χ1v) is 20.4. The lowest BCUT2D eigenvalue weighted by molar-refractivity contribution is 0.476. The van der Waals surface area contributed by atoms with E-state index in [0.29, 0.717) is 0 Å². The van der Waals surface area contributed by atoms with Crippen molar-refractivity contribution in [2.75, 3.05) is 0 Å². The maximum absolute atomic E-state index is 11.1. The van der Waals surface area contributed by atoms with Crippen molar-refractivity contribution < 1.29 is 5.11 Å². The Balaban J connectivity index is 1.33. The predicted octanol–water partition coefficient (Wildman–Crippen LogP) is 14.8. The van der Waals surface area contributed by atoms with Crippen LogP contribution in [0.2, 0.25) is 0 Å². The molecule has 1 N–H and O–H groups in total. The van der Waals surface area contributed by atoms with Gasteiger partial charge in [-0.25, -0.2) is 4.98 Å². The second-order valence-corrected chi connectivity index (χ2v) is 19.2. The maximum atomic E-state index is 11.1. The Labute approximate surface area is 335 Å². The van der Waals surface area contributed by atoms with Crippen molar-refractivity contribution >= 4 is 32.5 Å². The minimum atomic E-state index is -0.0766. The average Bonchev–Trinajstić information content (AvgIpc) is 3.60. The average molecular weight is 751 g/mol. The molecule has 8 rings (SSSR count). The van der Waals surface area contributed by atoms with Gasteiger partial charge < -0.3 is 5.11 Å². The largest absolute Gasteiger partial charge is 0.507 e. The smallest absolute Gasteiger partial charge is 0.128 e. The lowest BCUT2D eigenvalue weighted by atomic mass is 9.82. The van der Waals surface area contributed by atoms with Gasteiger partial charge in [-0.15, -0.1) is 11.3 Å². The van der Waals surface area contributed by atoms with Gasteiger partial charge in [-0.1, -0.05) is 141 Å². The van der Waals surface area contributed by atoms with Crippen molar-refractivity contribution in [3.05, 3.63) is 150 Å². The van der Waals surface area contributed by atoms with E-state index in [0.717, 1.165) is 70.6 Å². The van der Waals surface area contributed by atoms with E-state index < -0.39 is 0 Å². The van der Waals surface area contributed by atoms with Crippen molar-refractivity contribution in [1.82, 2.24) is 9.97 Å². The molecule has 6 aromatic carbocycles. The van der Waals surface area contributed by atoms with E-state index in [9.17, 15) is 5.11 Å². The number of benzene rings is 6. The number of fused-ring (bicyclic) bond motifs is 2. The lowest BCUT2D eigenvalue weighted by Gasteiger charge is -2.23. The van der Waals surface area contributed by atoms with Gasteiger partial charge in [0.25, 0.3) is 0 Å². The van der Waals surface area contributed by atoms with Crippen LogP contribution in [-0.4, -0.2) is 15.1 Å². The highest BCUT2D eigenvalue weighted by atomic mass is 32.1. The normalized spacial score (nSPS) is 12.4. The molecule has 2 heterocycles. The highest BCUT2D eigenvalue weighted by Crippen LogP contribution is 2.44. The molecule has 0 bridgehead atoms. The standard InChI is InChI=1S/C52H50N2OS/c1-50(2,3)37-20-18-33(19-21-37)40-24-25-53-47-42(30-39(31-43(40)47)52(7,8)9)35-17-13-16-34(26-35)41-27-36(32-14-11-10-12-15-32)28-46-48(41)54-49(56-46)44-29-38(51(4,5)6)22-23-45(44)55/h10-31,55H,1-9H3. The van der Waals surface area contributed by atoms with Gasteiger partial charge in [0, 0.05) is 22.7 Å². The van der Waals surface area contributed by atoms with Gasteiger partial charge in [-0.3, -0.25) is 4.98 Å². The number of aromatic hydroxyl groups is 1. The van der Waals surface area contributed by atoms with Crippen molar-refractivity contribution in [2.24, 2.45) is 0 Å². The first-order chi connectivity index (χ1) is 26.5. The fourth-order valence-corrected chi connectivity index (χ4v) is 8.56. The summed E-state index contributed by atoms with van der Waals surface area (Å²) >= 11 is 1.63. The molecule has 0 spiro atoms. The summed E-state index contributed by atoms with van der Waals surface area (Å²) in [6.07, 6.45) is 1.95. The summed E-state index contributed by atoms with van der Waals surface area (Å²) in [5.41, 5.74) is 15.4. The van der Waals surface area contributed by atoms with Crippen LogP contribution in [0.1, 0.15) is 79.0 Å². The molecule has 0 amide bonds. The van der Waals surface area contributed by atoms with E-state index in [-0.39, 0.29) is 22.0 Å². The maximum Gasteiger partial charge on any atom is 0.128 e. The number of thiazole rings is 1. The molecule has 0 saturated carbocycles. The van der Waals surface area contributed by atoms with Gasteiger partial charge in [-0.2, -0.15) is 0 Å². The molecule has 280 valence electrons. The van der Waals surface area contributed by atoms with Crippen LogP contribution in [0.5, 0.6) is 5.75 Å². The van der Waals surface area contributed by atoms with E-state index in [2.05, 4.69) is 178 Å². The fraction of sp³-hybridized carbons (Fsp3) is 0.231. The molecule has 0 fully saturated rings. The van der Waals surface area contributed by atoms with Gasteiger partial charge in [0.15, 0.2) is 0 Å². The van der Waals surface area contributed by atoms with Crippen molar-refractivity contribution in [3.63, 3.8) is 0 Å². The SMILES string of the molecule is CC(C)(C)c1ccc(-c2ccnc3c(-c4cccc(-c5cc(-c6ccccc6)cc6sc(-c7cc(C(C)(C)C)ccc7O)nc56)c4)cc(C(C)(C)C)cc23)cc1. The summed E-state index contributed by atoms with van der Waals surface area (Å²) < 4.78 is 1.08. The molecule has 4 heteroatoms. The van der Waals surface area contributed by atoms with E-state index in [4.69, 9.17) is 9.97 Å². The minimum Gasteiger partial charge on any atom is -0.507 e. The zero-order valence-electron chi connectivity index (χ0n) is 34.0. The topological polar surface area (TPSA) is 46.0 Å².